The number of benzene rings is 1. The molecule has 0 atom stereocenters. The number of carbonyl (C=O) groups excluding carboxylic acids is 1. The quantitative estimate of drug-likeness (QED) is 0.921. The Hall–Kier alpha value is -1.75. The molecule has 0 saturated carbocycles. The predicted octanol–water partition coefficient (Wildman–Crippen LogP) is 3.16. The Bertz CT molecular complexity index is 553. The molecule has 1 aromatic carbocycles. The number of hydrogen-bond donors (Lipinski definition) is 1. The van der Waals surface area contributed by atoms with Gasteiger partial charge in [-0.1, -0.05) is 6.07 Å². The van der Waals surface area contributed by atoms with Crippen molar-refractivity contribution in [3.8, 4) is 0 Å². The number of anilines is 1. The molecule has 0 aliphatic heterocycles. The fourth-order valence-corrected chi connectivity index (χ4v) is 2.30. The first-order chi connectivity index (χ1) is 8.63. The van der Waals surface area contributed by atoms with Gasteiger partial charge < -0.3 is 5.32 Å². The molecule has 0 aliphatic rings. The molecule has 1 heterocycles. The van der Waals surface area contributed by atoms with Crippen LogP contribution in [0.15, 0.2) is 29.6 Å². The third kappa shape index (κ3) is 3.63. The van der Waals surface area contributed by atoms with Crippen LogP contribution in [-0.2, 0) is 11.2 Å². The minimum Gasteiger partial charge on any atom is -0.326 e. The van der Waals surface area contributed by atoms with Gasteiger partial charge in [0.05, 0.1) is 5.01 Å². The van der Waals surface area contributed by atoms with Crippen molar-refractivity contribution in [2.75, 3.05) is 5.32 Å². The molecule has 2 aromatic rings. The lowest BCUT2D eigenvalue weighted by Gasteiger charge is -2.04. The number of aromatic nitrogens is 1. The van der Waals surface area contributed by atoms with E-state index in [1.165, 1.54) is 12.1 Å². The average molecular weight is 264 g/mol. The first kappa shape index (κ1) is 12.7. The molecule has 0 spiro atoms. The van der Waals surface area contributed by atoms with E-state index in [-0.39, 0.29) is 11.7 Å². The Morgan fingerprint density at radius 3 is 3.00 bits per heavy atom. The fraction of sp³-hybridized carbons (Fsp3) is 0.231. The second-order valence-electron chi connectivity index (χ2n) is 3.94. The number of nitrogens with one attached hydrogen (secondary N) is 1. The highest BCUT2D eigenvalue weighted by molar-refractivity contribution is 7.09. The van der Waals surface area contributed by atoms with E-state index in [9.17, 15) is 9.18 Å². The van der Waals surface area contributed by atoms with Crippen molar-refractivity contribution in [3.63, 3.8) is 0 Å². The van der Waals surface area contributed by atoms with Gasteiger partial charge in [0, 0.05) is 29.6 Å². The summed E-state index contributed by atoms with van der Waals surface area (Å²) in [5, 5.41) is 5.56. The first-order valence-corrected chi connectivity index (χ1v) is 6.48. The molecule has 94 valence electrons. The fourth-order valence-electron chi connectivity index (χ4n) is 1.53. The Morgan fingerprint density at radius 1 is 1.50 bits per heavy atom. The average Bonchev–Trinajstić information content (AvgIpc) is 2.73. The monoisotopic (exact) mass is 264 g/mol. The highest BCUT2D eigenvalue weighted by atomic mass is 32.1. The lowest BCUT2D eigenvalue weighted by molar-refractivity contribution is -0.116. The summed E-state index contributed by atoms with van der Waals surface area (Å²) in [6.45, 7) is 1.92. The summed E-state index contributed by atoms with van der Waals surface area (Å²) in [6, 6.07) is 5.86. The van der Waals surface area contributed by atoms with E-state index in [1.807, 2.05) is 12.3 Å². The van der Waals surface area contributed by atoms with Crippen LogP contribution in [0, 0.1) is 12.7 Å². The van der Waals surface area contributed by atoms with Gasteiger partial charge in [-0.25, -0.2) is 9.37 Å². The molecular weight excluding hydrogens is 251 g/mol. The summed E-state index contributed by atoms with van der Waals surface area (Å²) in [7, 11) is 0. The first-order valence-electron chi connectivity index (χ1n) is 5.60. The maximum Gasteiger partial charge on any atom is 0.224 e. The Kier molecular flexibility index (Phi) is 4.04. The van der Waals surface area contributed by atoms with Gasteiger partial charge in [-0.2, -0.15) is 0 Å². The lowest BCUT2D eigenvalue weighted by Crippen LogP contribution is -2.12. The number of halogens is 1. The van der Waals surface area contributed by atoms with Crippen LogP contribution in [-0.4, -0.2) is 10.9 Å². The molecule has 3 nitrogen and oxygen atoms in total. The van der Waals surface area contributed by atoms with Crippen LogP contribution in [0.25, 0.3) is 0 Å². The zero-order valence-corrected chi connectivity index (χ0v) is 10.8. The predicted molar refractivity (Wildman–Crippen MR) is 70.2 cm³/mol. The number of carbonyl (C=O) groups is 1. The van der Waals surface area contributed by atoms with Gasteiger partial charge in [-0.05, 0) is 25.1 Å². The number of hydrogen-bond acceptors (Lipinski definition) is 3. The molecule has 1 amide bonds. The zero-order chi connectivity index (χ0) is 13.0. The van der Waals surface area contributed by atoms with Gasteiger partial charge >= 0.3 is 0 Å². The van der Waals surface area contributed by atoms with E-state index < -0.39 is 0 Å². The Balaban J connectivity index is 1.85. The molecule has 18 heavy (non-hydrogen) atoms. The summed E-state index contributed by atoms with van der Waals surface area (Å²) >= 11 is 1.55. The maximum atomic E-state index is 12.9. The van der Waals surface area contributed by atoms with Crippen molar-refractivity contribution >= 4 is 22.9 Å². The van der Waals surface area contributed by atoms with Gasteiger partial charge in [0.15, 0.2) is 0 Å². The normalized spacial score (nSPS) is 10.3. The molecule has 5 heteroatoms. The second kappa shape index (κ2) is 5.73. The number of nitrogens with zero attached hydrogens (tertiary/aromatic N) is 1. The van der Waals surface area contributed by atoms with Crippen molar-refractivity contribution in [1.82, 2.24) is 4.98 Å². The molecule has 0 saturated heterocycles. The smallest absolute Gasteiger partial charge is 0.224 e. The highest BCUT2D eigenvalue weighted by Gasteiger charge is 2.05. The topological polar surface area (TPSA) is 42.0 Å². The van der Waals surface area contributed by atoms with Crippen LogP contribution < -0.4 is 5.32 Å². The minimum atomic E-state index is -0.358. The summed E-state index contributed by atoms with van der Waals surface area (Å²) in [5.41, 5.74) is 1.45. The Morgan fingerprint density at radius 2 is 2.33 bits per heavy atom. The molecule has 0 aliphatic carbocycles. The summed E-state index contributed by atoms with van der Waals surface area (Å²) in [5.74, 6) is -0.489. The van der Waals surface area contributed by atoms with Crippen LogP contribution in [0.1, 0.15) is 17.1 Å². The van der Waals surface area contributed by atoms with Crippen molar-refractivity contribution in [1.29, 1.82) is 0 Å². The number of rotatable bonds is 4. The standard InChI is InChI=1S/C13H13FN2OS/c1-9-8-18-13(15-9)6-5-12(17)16-11-4-2-3-10(14)7-11/h2-4,7-8H,5-6H2,1H3,(H,16,17). The van der Waals surface area contributed by atoms with Gasteiger partial charge in [-0.15, -0.1) is 11.3 Å². The van der Waals surface area contributed by atoms with Crippen molar-refractivity contribution < 1.29 is 9.18 Å². The van der Waals surface area contributed by atoms with E-state index in [2.05, 4.69) is 10.3 Å². The SMILES string of the molecule is Cc1csc(CCC(=O)Nc2cccc(F)c2)n1. The van der Waals surface area contributed by atoms with Gasteiger partial charge in [0.1, 0.15) is 5.82 Å². The molecule has 1 aromatic heterocycles. The summed E-state index contributed by atoms with van der Waals surface area (Å²) in [6.07, 6.45) is 0.961. The number of thiazole rings is 1. The van der Waals surface area contributed by atoms with Crippen LogP contribution >= 0.6 is 11.3 Å². The Labute approximate surface area is 109 Å². The highest BCUT2D eigenvalue weighted by Crippen LogP contribution is 2.13. The van der Waals surface area contributed by atoms with Gasteiger partial charge in [0.2, 0.25) is 5.91 Å². The van der Waals surface area contributed by atoms with Crippen molar-refractivity contribution in [3.05, 3.63) is 46.2 Å². The van der Waals surface area contributed by atoms with Gasteiger partial charge in [-0.3, -0.25) is 4.79 Å². The molecule has 0 fully saturated rings. The third-order valence-corrected chi connectivity index (χ3v) is 3.37. The van der Waals surface area contributed by atoms with E-state index >= 15 is 0 Å². The van der Waals surface area contributed by atoms with Crippen molar-refractivity contribution in [2.24, 2.45) is 0 Å². The van der Waals surface area contributed by atoms with E-state index in [1.54, 1.807) is 23.5 Å². The molecule has 2 rings (SSSR count). The summed E-state index contributed by atoms with van der Waals surface area (Å²) in [4.78, 5) is 15.9. The van der Waals surface area contributed by atoms with E-state index in [0.29, 0.717) is 18.5 Å². The summed E-state index contributed by atoms with van der Waals surface area (Å²) < 4.78 is 12.9. The molecular formula is C13H13FN2OS. The second-order valence-corrected chi connectivity index (χ2v) is 4.88. The van der Waals surface area contributed by atoms with Crippen LogP contribution in [0.3, 0.4) is 0 Å². The van der Waals surface area contributed by atoms with E-state index in [4.69, 9.17) is 0 Å². The largest absolute Gasteiger partial charge is 0.326 e. The van der Waals surface area contributed by atoms with Crippen LogP contribution in [0.4, 0.5) is 10.1 Å². The molecule has 0 radical (unpaired) electrons. The third-order valence-electron chi connectivity index (χ3n) is 2.34. The number of aryl methyl sites for hydroxylation is 2. The van der Waals surface area contributed by atoms with Gasteiger partial charge in [0.25, 0.3) is 0 Å². The number of amides is 1. The molecule has 1 N–H and O–H groups in total. The van der Waals surface area contributed by atoms with Crippen LogP contribution in [0.5, 0.6) is 0 Å². The lowest BCUT2D eigenvalue weighted by atomic mass is 10.2. The van der Waals surface area contributed by atoms with E-state index in [0.717, 1.165) is 10.7 Å². The van der Waals surface area contributed by atoms with Crippen LogP contribution in [0.2, 0.25) is 0 Å². The zero-order valence-electron chi connectivity index (χ0n) is 9.94. The molecule has 0 unspecified atom stereocenters. The molecule has 0 bridgehead atoms. The minimum absolute atomic E-state index is 0.131. The van der Waals surface area contributed by atoms with Crippen molar-refractivity contribution in [2.45, 2.75) is 19.8 Å². The maximum absolute atomic E-state index is 12.9.